The molecule has 3 aromatic rings. The first kappa shape index (κ1) is 22.8. The van der Waals surface area contributed by atoms with Gasteiger partial charge in [-0.05, 0) is 69.2 Å². The molecule has 178 valence electrons. The van der Waals surface area contributed by atoms with Crippen molar-refractivity contribution in [2.45, 2.75) is 49.7 Å². The molecule has 8 nitrogen and oxygen atoms in total. The highest BCUT2D eigenvalue weighted by Gasteiger charge is 2.32. The van der Waals surface area contributed by atoms with Crippen molar-refractivity contribution in [3.8, 4) is 5.69 Å². The molecule has 1 aliphatic carbocycles. The van der Waals surface area contributed by atoms with Gasteiger partial charge in [-0.2, -0.15) is 9.40 Å². The van der Waals surface area contributed by atoms with E-state index in [2.05, 4.69) is 10.4 Å². The lowest BCUT2D eigenvalue weighted by atomic mass is 10.2. The van der Waals surface area contributed by atoms with Gasteiger partial charge in [-0.1, -0.05) is 18.2 Å². The van der Waals surface area contributed by atoms with E-state index in [1.54, 1.807) is 16.8 Å². The molecule has 1 N–H and O–H groups in total. The molecule has 0 radical (unpaired) electrons. The fourth-order valence-electron chi connectivity index (χ4n) is 4.29. The van der Waals surface area contributed by atoms with Crippen LogP contribution in [0.1, 0.15) is 48.8 Å². The molecule has 0 spiro atoms. The first-order valence-corrected chi connectivity index (χ1v) is 13.0. The Morgan fingerprint density at radius 3 is 2.26 bits per heavy atom. The molecule has 9 heteroatoms. The predicted molar refractivity (Wildman–Crippen MR) is 129 cm³/mol. The zero-order chi connectivity index (χ0) is 23.9. The second-order valence-corrected chi connectivity index (χ2v) is 11.0. The SMILES string of the molecule is C[C@@H]1CN(S(=O)(=O)c2ccc(NC(=O)c3cc(C4CC4)nn3-c3ccccc3)cc2)C[C@@H](C)O1. The standard InChI is InChI=1S/C25H28N4O4S/c1-17-15-28(16-18(2)33-17)34(31,32)22-12-10-20(11-13-22)26-25(30)24-14-23(19-8-9-19)27-29(24)21-6-4-3-5-7-21/h3-7,10-14,17-19H,8-9,15-16H2,1-2H3,(H,26,30)/t17-,18-/m1/s1. The van der Waals surface area contributed by atoms with Crippen molar-refractivity contribution >= 4 is 21.6 Å². The summed E-state index contributed by atoms with van der Waals surface area (Å²) in [6, 6.07) is 17.7. The number of aromatic nitrogens is 2. The molecule has 1 amide bonds. The van der Waals surface area contributed by atoms with Crippen molar-refractivity contribution in [2.24, 2.45) is 0 Å². The fourth-order valence-corrected chi connectivity index (χ4v) is 5.88. The number of rotatable bonds is 6. The maximum Gasteiger partial charge on any atom is 0.274 e. The molecule has 2 aromatic carbocycles. The summed E-state index contributed by atoms with van der Waals surface area (Å²) in [6.45, 7) is 4.37. The highest BCUT2D eigenvalue weighted by Crippen LogP contribution is 2.39. The number of morpholine rings is 1. The quantitative estimate of drug-likeness (QED) is 0.579. The minimum atomic E-state index is -3.64. The van der Waals surface area contributed by atoms with Crippen LogP contribution in [0.5, 0.6) is 0 Å². The summed E-state index contributed by atoms with van der Waals surface area (Å²) in [7, 11) is -3.64. The third-order valence-corrected chi connectivity index (χ3v) is 7.94. The molecule has 2 aliphatic rings. The maximum absolute atomic E-state index is 13.2. The summed E-state index contributed by atoms with van der Waals surface area (Å²) in [5.74, 6) is 0.112. The first-order valence-electron chi connectivity index (χ1n) is 11.5. The lowest BCUT2D eigenvalue weighted by Crippen LogP contribution is -2.48. The van der Waals surface area contributed by atoms with Crippen LogP contribution in [-0.2, 0) is 14.8 Å². The van der Waals surface area contributed by atoms with Crippen LogP contribution in [0.4, 0.5) is 5.69 Å². The lowest BCUT2D eigenvalue weighted by molar-refractivity contribution is -0.0440. The Morgan fingerprint density at radius 2 is 1.65 bits per heavy atom. The Morgan fingerprint density at radius 1 is 1.00 bits per heavy atom. The zero-order valence-corrected chi connectivity index (χ0v) is 20.0. The molecule has 1 aliphatic heterocycles. The van der Waals surface area contributed by atoms with Crippen LogP contribution < -0.4 is 5.32 Å². The van der Waals surface area contributed by atoms with Gasteiger partial charge in [0.25, 0.3) is 5.91 Å². The van der Waals surface area contributed by atoms with Crippen LogP contribution in [0, 0.1) is 0 Å². The van der Waals surface area contributed by atoms with E-state index < -0.39 is 10.0 Å². The van der Waals surface area contributed by atoms with Crippen LogP contribution >= 0.6 is 0 Å². The number of benzene rings is 2. The highest BCUT2D eigenvalue weighted by molar-refractivity contribution is 7.89. The van der Waals surface area contributed by atoms with Crippen molar-refractivity contribution < 1.29 is 17.9 Å². The van der Waals surface area contributed by atoms with Crippen molar-refractivity contribution in [1.82, 2.24) is 14.1 Å². The minimum Gasteiger partial charge on any atom is -0.373 e. The van der Waals surface area contributed by atoms with Crippen molar-refractivity contribution in [3.63, 3.8) is 0 Å². The number of carbonyl (C=O) groups excluding carboxylic acids is 1. The molecule has 1 saturated carbocycles. The van der Waals surface area contributed by atoms with Gasteiger partial charge in [-0.15, -0.1) is 0 Å². The average Bonchev–Trinajstić information content (AvgIpc) is 3.57. The molecule has 5 rings (SSSR count). The van der Waals surface area contributed by atoms with Gasteiger partial charge in [0, 0.05) is 24.7 Å². The van der Waals surface area contributed by atoms with E-state index in [0.29, 0.717) is 30.4 Å². The van der Waals surface area contributed by atoms with Crippen LogP contribution in [-0.4, -0.2) is 53.7 Å². The largest absolute Gasteiger partial charge is 0.373 e. The Labute approximate surface area is 199 Å². The normalized spacial score (nSPS) is 21.4. The number of anilines is 1. The summed E-state index contributed by atoms with van der Waals surface area (Å²) in [6.07, 6.45) is 1.85. The summed E-state index contributed by atoms with van der Waals surface area (Å²) >= 11 is 0. The number of nitrogens with zero attached hydrogens (tertiary/aromatic N) is 3. The molecular weight excluding hydrogens is 452 g/mol. The highest BCUT2D eigenvalue weighted by atomic mass is 32.2. The third-order valence-electron chi connectivity index (χ3n) is 6.09. The van der Waals surface area contributed by atoms with Gasteiger partial charge < -0.3 is 10.1 Å². The maximum atomic E-state index is 13.2. The third kappa shape index (κ3) is 4.64. The van der Waals surface area contributed by atoms with Gasteiger partial charge in [0.1, 0.15) is 5.69 Å². The molecule has 0 bridgehead atoms. The molecule has 1 saturated heterocycles. The van der Waals surface area contributed by atoms with Crippen molar-refractivity contribution in [3.05, 3.63) is 72.1 Å². The second kappa shape index (κ2) is 8.98. The average molecular weight is 481 g/mol. The number of hydrogen-bond donors (Lipinski definition) is 1. The van der Waals surface area contributed by atoms with Gasteiger partial charge in [0.15, 0.2) is 0 Å². The van der Waals surface area contributed by atoms with Crippen molar-refractivity contribution in [1.29, 1.82) is 0 Å². The minimum absolute atomic E-state index is 0.160. The Balaban J connectivity index is 1.35. The molecule has 1 aromatic heterocycles. The van der Waals surface area contributed by atoms with E-state index >= 15 is 0 Å². The molecule has 0 unspecified atom stereocenters. The van der Waals surface area contributed by atoms with Crippen LogP contribution in [0.25, 0.3) is 5.69 Å². The van der Waals surface area contributed by atoms with Crippen LogP contribution in [0.3, 0.4) is 0 Å². The van der Waals surface area contributed by atoms with Gasteiger partial charge in [0.05, 0.1) is 28.5 Å². The number of sulfonamides is 1. The number of nitrogens with one attached hydrogen (secondary N) is 1. The summed E-state index contributed by atoms with van der Waals surface area (Å²) in [4.78, 5) is 13.3. The Bertz CT molecular complexity index is 1270. The fraction of sp³-hybridized carbons (Fsp3) is 0.360. The zero-order valence-electron chi connectivity index (χ0n) is 19.2. The summed E-state index contributed by atoms with van der Waals surface area (Å²) in [5.41, 5.74) is 2.70. The van der Waals surface area contributed by atoms with E-state index in [0.717, 1.165) is 24.2 Å². The van der Waals surface area contributed by atoms with E-state index in [4.69, 9.17) is 4.74 Å². The van der Waals surface area contributed by atoms with Crippen molar-refractivity contribution in [2.75, 3.05) is 18.4 Å². The monoisotopic (exact) mass is 480 g/mol. The summed E-state index contributed by atoms with van der Waals surface area (Å²) in [5, 5.41) is 7.56. The Kier molecular flexibility index (Phi) is 6.01. The smallest absolute Gasteiger partial charge is 0.274 e. The molecule has 34 heavy (non-hydrogen) atoms. The first-order chi connectivity index (χ1) is 16.3. The topological polar surface area (TPSA) is 93.5 Å². The molecule has 2 atom stereocenters. The molecular formula is C25H28N4O4S. The number of hydrogen-bond acceptors (Lipinski definition) is 5. The number of carbonyl (C=O) groups is 1. The van der Waals surface area contributed by atoms with Gasteiger partial charge >= 0.3 is 0 Å². The number of para-hydroxylation sites is 1. The number of amides is 1. The van der Waals surface area contributed by atoms with Gasteiger partial charge in [0.2, 0.25) is 10.0 Å². The van der Waals surface area contributed by atoms with E-state index in [-0.39, 0.29) is 23.0 Å². The van der Waals surface area contributed by atoms with Crippen LogP contribution in [0.15, 0.2) is 65.6 Å². The van der Waals surface area contributed by atoms with E-state index in [1.807, 2.05) is 50.2 Å². The van der Waals surface area contributed by atoms with E-state index in [9.17, 15) is 13.2 Å². The van der Waals surface area contributed by atoms with Gasteiger partial charge in [-0.3, -0.25) is 4.79 Å². The van der Waals surface area contributed by atoms with E-state index in [1.165, 1.54) is 16.4 Å². The second-order valence-electron chi connectivity index (χ2n) is 9.03. The predicted octanol–water partition coefficient (Wildman–Crippen LogP) is 3.80. The number of ether oxygens (including phenoxy) is 1. The van der Waals surface area contributed by atoms with Crippen LogP contribution in [0.2, 0.25) is 0 Å². The van der Waals surface area contributed by atoms with Gasteiger partial charge in [-0.25, -0.2) is 13.1 Å². The molecule has 2 heterocycles. The molecule has 2 fully saturated rings. The lowest BCUT2D eigenvalue weighted by Gasteiger charge is -2.34. The summed E-state index contributed by atoms with van der Waals surface area (Å²) < 4.78 is 34.9. The Hall–Kier alpha value is -3.01.